The number of nitrogens with one attached hydrogen (secondary N) is 2. The number of fused-ring (bicyclic) bond motifs is 1. The maximum Gasteiger partial charge on any atom is 0.255 e. The van der Waals surface area contributed by atoms with E-state index in [2.05, 4.69) is 59.7 Å². The molecule has 2 aromatic heterocycles. The van der Waals surface area contributed by atoms with Crippen molar-refractivity contribution in [2.24, 2.45) is 11.7 Å². The number of pyridine rings is 1. The number of rotatable bonds is 8. The lowest BCUT2D eigenvalue weighted by molar-refractivity contribution is -0.122. The Balaban J connectivity index is 1.64. The summed E-state index contributed by atoms with van der Waals surface area (Å²) in [5.74, 6) is -0.459. The zero-order valence-corrected chi connectivity index (χ0v) is 21.1. The fourth-order valence-corrected chi connectivity index (χ4v) is 5.16. The van der Waals surface area contributed by atoms with Crippen LogP contribution < -0.4 is 16.4 Å². The Bertz CT molecular complexity index is 1230. The first-order valence-corrected chi connectivity index (χ1v) is 12.6. The summed E-state index contributed by atoms with van der Waals surface area (Å²) in [4.78, 5) is 29.8. The molecule has 1 aromatic carbocycles. The van der Waals surface area contributed by atoms with Crippen molar-refractivity contribution in [2.45, 2.75) is 78.4 Å². The number of nitrogens with zero attached hydrogens (tertiary/aromatic N) is 3. The third kappa shape index (κ3) is 5.16. The van der Waals surface area contributed by atoms with Gasteiger partial charge in [0.05, 0.1) is 28.9 Å². The summed E-state index contributed by atoms with van der Waals surface area (Å²) in [7, 11) is 0. The highest BCUT2D eigenvalue weighted by atomic mass is 16.2. The third-order valence-electron chi connectivity index (χ3n) is 7.20. The number of aryl methyl sites for hydroxylation is 3. The molecule has 8 nitrogen and oxygen atoms in total. The number of hydrogen-bond acceptors (Lipinski definition) is 5. The van der Waals surface area contributed by atoms with E-state index in [4.69, 9.17) is 5.73 Å². The lowest BCUT2D eigenvalue weighted by Gasteiger charge is -2.29. The minimum atomic E-state index is -0.226. The smallest absolute Gasteiger partial charge is 0.255 e. The van der Waals surface area contributed by atoms with Gasteiger partial charge in [-0.3, -0.25) is 9.59 Å². The van der Waals surface area contributed by atoms with Crippen LogP contribution in [0.3, 0.4) is 0 Å². The number of nitrogens with two attached hydrogens (primary N) is 1. The van der Waals surface area contributed by atoms with Crippen LogP contribution in [0.2, 0.25) is 0 Å². The van der Waals surface area contributed by atoms with Gasteiger partial charge in [0.15, 0.2) is 5.65 Å². The molecule has 0 aliphatic heterocycles. The van der Waals surface area contributed by atoms with Crippen LogP contribution in [-0.4, -0.2) is 32.6 Å². The molecule has 8 heteroatoms. The van der Waals surface area contributed by atoms with E-state index in [1.54, 1.807) is 12.4 Å². The Hall–Kier alpha value is -3.42. The van der Waals surface area contributed by atoms with E-state index in [-0.39, 0.29) is 29.8 Å². The van der Waals surface area contributed by atoms with Gasteiger partial charge in [-0.1, -0.05) is 30.7 Å². The summed E-state index contributed by atoms with van der Waals surface area (Å²) in [5, 5.41) is 12.1. The maximum atomic E-state index is 13.6. The van der Waals surface area contributed by atoms with Crippen LogP contribution in [0.15, 0.2) is 30.6 Å². The van der Waals surface area contributed by atoms with E-state index in [1.807, 2.05) is 11.6 Å². The molecule has 1 saturated carbocycles. The number of anilines is 1. The van der Waals surface area contributed by atoms with E-state index in [9.17, 15) is 9.59 Å². The van der Waals surface area contributed by atoms with Crippen LogP contribution in [0.4, 0.5) is 5.69 Å². The van der Waals surface area contributed by atoms with Crippen molar-refractivity contribution >= 4 is 28.5 Å². The van der Waals surface area contributed by atoms with Crippen LogP contribution in [0, 0.1) is 19.8 Å². The molecule has 4 rings (SSSR count). The van der Waals surface area contributed by atoms with Gasteiger partial charge in [0.25, 0.3) is 5.91 Å². The van der Waals surface area contributed by atoms with Crippen LogP contribution in [0.5, 0.6) is 0 Å². The van der Waals surface area contributed by atoms with Crippen molar-refractivity contribution in [2.75, 3.05) is 5.32 Å². The first-order chi connectivity index (χ1) is 16.8. The number of hydrogen-bond donors (Lipinski definition) is 3. The second-order valence-electron chi connectivity index (χ2n) is 9.63. The molecule has 1 atom stereocenters. The first kappa shape index (κ1) is 24.7. The number of aromatic nitrogens is 3. The predicted molar refractivity (Wildman–Crippen MR) is 138 cm³/mol. The Labute approximate surface area is 206 Å². The van der Waals surface area contributed by atoms with Crippen LogP contribution in [-0.2, 0) is 11.3 Å². The van der Waals surface area contributed by atoms with Crippen molar-refractivity contribution < 1.29 is 9.59 Å². The van der Waals surface area contributed by atoms with Gasteiger partial charge >= 0.3 is 0 Å². The standard InChI is InChI=1S/C27H36N6O2/c1-5-23(20-12-7-16(3)13-17(20)4)32-27(35)22-14-29-26-21(15-30-33(26)6-2)24(22)31-19-10-8-18(9-11-19)25(28)34/h7,12-15,18-19,23H,5-6,8-11H2,1-4H3,(H2,28,34)(H,29,31)(H,32,35)/t18-,19-,23-/m1/s1. The van der Waals surface area contributed by atoms with Crippen molar-refractivity contribution in [1.82, 2.24) is 20.1 Å². The Morgan fingerprint density at radius 3 is 2.51 bits per heavy atom. The zero-order valence-electron chi connectivity index (χ0n) is 21.1. The van der Waals surface area contributed by atoms with Gasteiger partial charge in [-0.25, -0.2) is 9.67 Å². The highest BCUT2D eigenvalue weighted by Gasteiger charge is 2.27. The molecular formula is C27H36N6O2. The van der Waals surface area contributed by atoms with Gasteiger partial charge in [-0.2, -0.15) is 5.10 Å². The molecule has 4 N–H and O–H groups in total. The van der Waals surface area contributed by atoms with Gasteiger partial charge in [0.2, 0.25) is 5.91 Å². The zero-order chi connectivity index (χ0) is 25.1. The molecule has 0 radical (unpaired) electrons. The second kappa shape index (κ2) is 10.5. The topological polar surface area (TPSA) is 115 Å². The molecule has 1 aliphatic carbocycles. The molecule has 2 amide bonds. The van der Waals surface area contributed by atoms with Gasteiger partial charge in [-0.15, -0.1) is 0 Å². The van der Waals surface area contributed by atoms with E-state index < -0.39 is 0 Å². The van der Waals surface area contributed by atoms with E-state index in [0.717, 1.165) is 54.4 Å². The summed E-state index contributed by atoms with van der Waals surface area (Å²) in [6.45, 7) is 8.94. The largest absolute Gasteiger partial charge is 0.381 e. The average Bonchev–Trinajstić information content (AvgIpc) is 3.27. The third-order valence-corrected chi connectivity index (χ3v) is 7.20. The van der Waals surface area contributed by atoms with Crippen molar-refractivity contribution in [3.05, 3.63) is 52.8 Å². The number of benzene rings is 1. The number of carbonyl (C=O) groups is 2. The molecular weight excluding hydrogens is 440 g/mol. The van der Waals surface area contributed by atoms with Crippen molar-refractivity contribution in [3.63, 3.8) is 0 Å². The molecule has 0 bridgehead atoms. The summed E-state index contributed by atoms with van der Waals surface area (Å²) in [6.07, 6.45) is 7.35. The lowest BCUT2D eigenvalue weighted by atomic mass is 9.85. The maximum absolute atomic E-state index is 13.6. The summed E-state index contributed by atoms with van der Waals surface area (Å²) in [5.41, 5.74) is 11.0. The first-order valence-electron chi connectivity index (χ1n) is 12.6. The summed E-state index contributed by atoms with van der Waals surface area (Å²) < 4.78 is 1.83. The highest BCUT2D eigenvalue weighted by Crippen LogP contribution is 2.32. The molecule has 0 unspecified atom stereocenters. The fraction of sp³-hybridized carbons (Fsp3) is 0.481. The average molecular weight is 477 g/mol. The van der Waals surface area contributed by atoms with Gasteiger partial charge < -0.3 is 16.4 Å². The van der Waals surface area contributed by atoms with Gasteiger partial charge in [0.1, 0.15) is 0 Å². The summed E-state index contributed by atoms with van der Waals surface area (Å²) in [6, 6.07) is 6.37. The monoisotopic (exact) mass is 476 g/mol. The van der Waals surface area contributed by atoms with Crippen molar-refractivity contribution in [1.29, 1.82) is 0 Å². The van der Waals surface area contributed by atoms with Crippen LogP contribution in [0.25, 0.3) is 11.0 Å². The second-order valence-corrected chi connectivity index (χ2v) is 9.63. The highest BCUT2D eigenvalue weighted by molar-refractivity contribution is 6.06. The lowest BCUT2D eigenvalue weighted by Crippen LogP contribution is -2.34. The Morgan fingerprint density at radius 1 is 1.14 bits per heavy atom. The summed E-state index contributed by atoms with van der Waals surface area (Å²) >= 11 is 0. The van der Waals surface area contributed by atoms with Gasteiger partial charge in [-0.05, 0) is 64.0 Å². The molecule has 3 aromatic rings. The Morgan fingerprint density at radius 2 is 1.89 bits per heavy atom. The van der Waals surface area contributed by atoms with E-state index in [0.29, 0.717) is 12.1 Å². The molecule has 186 valence electrons. The minimum Gasteiger partial charge on any atom is -0.381 e. The molecule has 0 saturated heterocycles. The number of carbonyl (C=O) groups excluding carboxylic acids is 2. The molecule has 1 aliphatic rings. The molecule has 1 fully saturated rings. The van der Waals surface area contributed by atoms with Crippen molar-refractivity contribution in [3.8, 4) is 0 Å². The van der Waals surface area contributed by atoms with Crippen LogP contribution in [0.1, 0.15) is 79.0 Å². The van der Waals surface area contributed by atoms with Gasteiger partial charge in [0, 0.05) is 24.7 Å². The van der Waals surface area contributed by atoms with Crippen LogP contribution >= 0.6 is 0 Å². The minimum absolute atomic E-state index is 0.0702. The molecule has 0 spiro atoms. The van der Waals surface area contributed by atoms with E-state index >= 15 is 0 Å². The Kier molecular flexibility index (Phi) is 7.38. The molecule has 2 heterocycles. The normalized spacial score (nSPS) is 18.9. The fourth-order valence-electron chi connectivity index (χ4n) is 5.16. The SMILES string of the molecule is CC[C@@H](NC(=O)c1cnc2c(cnn2CC)c1N[C@H]1CC[C@H](C(N)=O)CC1)c1ccc(C)cc1C. The number of primary amides is 1. The van der Waals surface area contributed by atoms with E-state index in [1.165, 1.54) is 11.1 Å². The number of amides is 2. The molecule has 35 heavy (non-hydrogen) atoms. The predicted octanol–water partition coefficient (Wildman–Crippen LogP) is 4.41. The quantitative estimate of drug-likeness (QED) is 0.446.